The van der Waals surface area contributed by atoms with E-state index >= 15 is 0 Å². The smallest absolute Gasteiger partial charge is 0.268 e. The largest absolute Gasteiger partial charge is 0.287 e. The van der Waals surface area contributed by atoms with Crippen LogP contribution in [-0.2, 0) is 0 Å². The molecule has 0 radical (unpaired) electrons. The lowest BCUT2D eigenvalue weighted by Gasteiger charge is -2.10. The van der Waals surface area contributed by atoms with Crippen molar-refractivity contribution in [1.29, 1.82) is 0 Å². The molecule has 0 amide bonds. The van der Waals surface area contributed by atoms with Crippen LogP contribution in [-0.4, -0.2) is 19.5 Å². The van der Waals surface area contributed by atoms with Crippen molar-refractivity contribution in [2.24, 2.45) is 0 Å². The first kappa shape index (κ1) is 18.5. The fraction of sp³-hybridized carbons (Fsp3) is 0. The zero-order valence-electron chi connectivity index (χ0n) is 14.9. The van der Waals surface area contributed by atoms with Crippen LogP contribution in [0.25, 0.3) is 28.9 Å². The summed E-state index contributed by atoms with van der Waals surface area (Å²) in [5, 5.41) is 11.9. The lowest BCUT2D eigenvalue weighted by atomic mass is 10.2. The summed E-state index contributed by atoms with van der Waals surface area (Å²) in [5.74, 6) is 0.563. The Morgan fingerprint density at radius 2 is 1.76 bits per heavy atom. The summed E-state index contributed by atoms with van der Waals surface area (Å²) in [6.45, 7) is 0. The van der Waals surface area contributed by atoms with E-state index in [2.05, 4.69) is 9.97 Å². The van der Waals surface area contributed by atoms with Gasteiger partial charge < -0.3 is 0 Å². The quantitative estimate of drug-likeness (QED) is 0.368. The van der Waals surface area contributed by atoms with E-state index in [4.69, 9.17) is 11.6 Å². The molecule has 7 nitrogen and oxygen atoms in total. The van der Waals surface area contributed by atoms with E-state index in [-0.39, 0.29) is 17.1 Å². The summed E-state index contributed by atoms with van der Waals surface area (Å²) in [4.78, 5) is 32.2. The first-order valence-corrected chi connectivity index (χ1v) is 8.97. The van der Waals surface area contributed by atoms with E-state index in [9.17, 15) is 14.9 Å². The molecule has 0 spiro atoms. The van der Waals surface area contributed by atoms with Gasteiger partial charge >= 0.3 is 0 Å². The highest BCUT2D eigenvalue weighted by atomic mass is 35.5. The summed E-state index contributed by atoms with van der Waals surface area (Å²) < 4.78 is 1.32. The van der Waals surface area contributed by atoms with E-state index in [0.717, 1.165) is 11.8 Å². The van der Waals surface area contributed by atoms with Gasteiger partial charge in [-0.15, -0.1) is 0 Å². The molecule has 0 atom stereocenters. The molecule has 4 aromatic rings. The van der Waals surface area contributed by atoms with Crippen molar-refractivity contribution in [2.45, 2.75) is 0 Å². The van der Waals surface area contributed by atoms with Crippen molar-refractivity contribution in [2.75, 3.05) is 0 Å². The van der Waals surface area contributed by atoms with Gasteiger partial charge in [0.2, 0.25) is 0 Å². The molecule has 2 aromatic heterocycles. The Morgan fingerprint density at radius 3 is 2.48 bits per heavy atom. The van der Waals surface area contributed by atoms with Crippen molar-refractivity contribution in [3.8, 4) is 5.82 Å². The van der Waals surface area contributed by atoms with E-state index in [0.29, 0.717) is 21.7 Å². The predicted molar refractivity (Wildman–Crippen MR) is 112 cm³/mol. The summed E-state index contributed by atoms with van der Waals surface area (Å²) in [7, 11) is 0. The van der Waals surface area contributed by atoms with Crippen LogP contribution in [0.1, 0.15) is 11.4 Å². The van der Waals surface area contributed by atoms with E-state index < -0.39 is 4.92 Å². The Hall–Kier alpha value is -3.84. The summed E-state index contributed by atoms with van der Waals surface area (Å²) >= 11 is 6.20. The maximum atomic E-state index is 13.1. The minimum Gasteiger partial charge on any atom is -0.268 e. The van der Waals surface area contributed by atoms with Crippen LogP contribution >= 0.6 is 11.6 Å². The second-order valence-corrected chi connectivity index (χ2v) is 6.52. The van der Waals surface area contributed by atoms with Crippen LogP contribution in [0.3, 0.4) is 0 Å². The van der Waals surface area contributed by atoms with E-state index in [1.807, 2.05) is 18.2 Å². The molecule has 0 saturated carbocycles. The predicted octanol–water partition coefficient (Wildman–Crippen LogP) is 4.51. The van der Waals surface area contributed by atoms with Gasteiger partial charge in [-0.05, 0) is 42.0 Å². The summed E-state index contributed by atoms with van der Waals surface area (Å²) in [6.07, 6.45) is 4.53. The Morgan fingerprint density at radius 1 is 1.00 bits per heavy atom. The van der Waals surface area contributed by atoms with Crippen molar-refractivity contribution >= 4 is 40.3 Å². The zero-order chi connectivity index (χ0) is 20.4. The maximum absolute atomic E-state index is 13.1. The molecule has 0 aliphatic carbocycles. The van der Waals surface area contributed by atoms with Gasteiger partial charge in [-0.25, -0.2) is 14.5 Å². The first-order chi connectivity index (χ1) is 14.0. The van der Waals surface area contributed by atoms with Crippen molar-refractivity contribution < 1.29 is 4.92 Å². The number of aromatic nitrogens is 3. The number of para-hydroxylation sites is 1. The third kappa shape index (κ3) is 3.63. The van der Waals surface area contributed by atoms with Crippen LogP contribution in [0.2, 0.25) is 5.02 Å². The van der Waals surface area contributed by atoms with Gasteiger partial charge in [0.25, 0.3) is 11.2 Å². The number of halogens is 1. The second-order valence-electron chi connectivity index (χ2n) is 6.11. The Balaban J connectivity index is 1.92. The fourth-order valence-corrected chi connectivity index (χ4v) is 3.07. The highest BCUT2D eigenvalue weighted by Gasteiger charge is 2.14. The maximum Gasteiger partial charge on any atom is 0.287 e. The second kappa shape index (κ2) is 7.65. The molecule has 2 heterocycles. The molecule has 4 rings (SSSR count). The van der Waals surface area contributed by atoms with Crippen molar-refractivity contribution in [3.05, 3.63) is 104 Å². The average Bonchev–Trinajstić information content (AvgIpc) is 2.73. The van der Waals surface area contributed by atoms with Gasteiger partial charge in [0.05, 0.1) is 15.8 Å². The van der Waals surface area contributed by atoms with Gasteiger partial charge in [-0.1, -0.05) is 41.9 Å². The normalized spacial score (nSPS) is 11.2. The molecule has 0 aliphatic rings. The summed E-state index contributed by atoms with van der Waals surface area (Å²) in [6, 6.07) is 17.0. The van der Waals surface area contributed by atoms with Gasteiger partial charge in [0, 0.05) is 11.1 Å². The van der Waals surface area contributed by atoms with Crippen LogP contribution in [0.4, 0.5) is 5.69 Å². The molecule has 0 saturated heterocycles. The fourth-order valence-electron chi connectivity index (χ4n) is 2.88. The number of nitro groups is 1. The number of hydrogen-bond acceptors (Lipinski definition) is 5. The number of benzene rings is 2. The van der Waals surface area contributed by atoms with Gasteiger partial charge in [0.15, 0.2) is 0 Å². The number of nitrogens with zero attached hydrogens (tertiary/aromatic N) is 4. The Bertz CT molecular complexity index is 1310. The molecule has 0 unspecified atom stereocenters. The number of hydrogen-bond donors (Lipinski definition) is 0. The monoisotopic (exact) mass is 404 g/mol. The molecular formula is C21H13ClN4O3. The van der Waals surface area contributed by atoms with Gasteiger partial charge in [-0.3, -0.25) is 14.9 Å². The molecule has 0 aliphatic heterocycles. The highest BCUT2D eigenvalue weighted by Crippen LogP contribution is 2.19. The minimum atomic E-state index is -0.545. The molecule has 0 N–H and O–H groups in total. The van der Waals surface area contributed by atoms with E-state index in [1.165, 1.54) is 16.7 Å². The third-order valence-corrected chi connectivity index (χ3v) is 4.64. The van der Waals surface area contributed by atoms with Crippen molar-refractivity contribution in [3.63, 3.8) is 0 Å². The lowest BCUT2D eigenvalue weighted by Crippen LogP contribution is -2.23. The average molecular weight is 405 g/mol. The van der Waals surface area contributed by atoms with Crippen molar-refractivity contribution in [1.82, 2.24) is 14.5 Å². The molecule has 0 fully saturated rings. The molecule has 142 valence electrons. The first-order valence-electron chi connectivity index (χ1n) is 8.60. The van der Waals surface area contributed by atoms with Crippen LogP contribution in [0.5, 0.6) is 0 Å². The number of rotatable bonds is 4. The molecular weight excluding hydrogens is 392 g/mol. The SMILES string of the molecule is O=c1c2ccccc2nc(/C=C/c2ccccc2Cl)n1-c1ccc([N+](=O)[O-])cn1. The Kier molecular flexibility index (Phi) is 4.88. The molecule has 8 heteroatoms. The standard InChI is InChI=1S/C21H13ClN4O3/c22-17-7-3-1-5-14(17)9-11-20-24-18-8-4-2-6-16(18)21(27)25(20)19-12-10-15(13-23-19)26(28)29/h1-13H/b11-9+. The highest BCUT2D eigenvalue weighted by molar-refractivity contribution is 6.32. The topological polar surface area (TPSA) is 90.9 Å². The third-order valence-electron chi connectivity index (χ3n) is 4.29. The van der Waals surface area contributed by atoms with Crippen LogP contribution < -0.4 is 5.56 Å². The van der Waals surface area contributed by atoms with Gasteiger partial charge in [-0.2, -0.15) is 0 Å². The van der Waals surface area contributed by atoms with E-state index in [1.54, 1.807) is 42.5 Å². The lowest BCUT2D eigenvalue weighted by molar-refractivity contribution is -0.385. The Labute approximate surface area is 169 Å². The number of pyridine rings is 1. The van der Waals surface area contributed by atoms with Crippen LogP contribution in [0, 0.1) is 10.1 Å². The summed E-state index contributed by atoms with van der Waals surface area (Å²) in [5.41, 5.74) is 0.814. The zero-order valence-corrected chi connectivity index (χ0v) is 15.7. The van der Waals surface area contributed by atoms with Gasteiger partial charge in [0.1, 0.15) is 17.8 Å². The molecule has 2 aromatic carbocycles. The van der Waals surface area contributed by atoms with Crippen LogP contribution in [0.15, 0.2) is 71.7 Å². The number of fused-ring (bicyclic) bond motifs is 1. The minimum absolute atomic E-state index is 0.163. The molecule has 0 bridgehead atoms. The molecule has 29 heavy (non-hydrogen) atoms.